The predicted molar refractivity (Wildman–Crippen MR) is 84.1 cm³/mol. The van der Waals surface area contributed by atoms with Crippen molar-refractivity contribution in [3.8, 4) is 0 Å². The van der Waals surface area contributed by atoms with Crippen LogP contribution in [-0.2, 0) is 11.8 Å². The third kappa shape index (κ3) is 3.27. The number of aryl methyl sites for hydroxylation is 1. The number of hydrogen-bond acceptors (Lipinski definition) is 3. The summed E-state index contributed by atoms with van der Waals surface area (Å²) in [5, 5.41) is 6.16. The predicted octanol–water partition coefficient (Wildman–Crippen LogP) is 2.43. The Balaban J connectivity index is 1.62. The lowest BCUT2D eigenvalue weighted by molar-refractivity contribution is -0.116. The molecule has 0 spiro atoms. The van der Waals surface area contributed by atoms with E-state index in [0.717, 1.165) is 37.9 Å². The maximum Gasteiger partial charge on any atom is 0.226 e. The minimum Gasteiger partial charge on any atom is -0.317 e. The van der Waals surface area contributed by atoms with Crippen LogP contribution >= 0.6 is 0 Å². The van der Waals surface area contributed by atoms with Crippen LogP contribution in [0.4, 0.5) is 10.3 Å². The van der Waals surface area contributed by atoms with Gasteiger partial charge in [0, 0.05) is 19.5 Å². The molecule has 0 atom stereocenters. The Morgan fingerprint density at radius 1 is 1.45 bits per heavy atom. The first-order valence-corrected chi connectivity index (χ1v) is 7.76. The largest absolute Gasteiger partial charge is 0.317 e. The molecule has 1 fully saturated rings. The number of aromatic nitrogens is 2. The third-order valence-electron chi connectivity index (χ3n) is 4.33. The van der Waals surface area contributed by atoms with Gasteiger partial charge in [0.1, 0.15) is 5.82 Å². The molecule has 1 aliphatic rings. The number of rotatable bonds is 4. The van der Waals surface area contributed by atoms with Crippen molar-refractivity contribution in [1.82, 2.24) is 14.9 Å². The fourth-order valence-electron chi connectivity index (χ4n) is 2.98. The highest BCUT2D eigenvalue weighted by Gasteiger charge is 2.16. The molecule has 1 amide bonds. The quantitative estimate of drug-likeness (QED) is 0.912. The Labute approximate surface area is 128 Å². The summed E-state index contributed by atoms with van der Waals surface area (Å²) in [4.78, 5) is 16.4. The molecule has 1 saturated heterocycles. The van der Waals surface area contributed by atoms with Gasteiger partial charge in [-0.25, -0.2) is 9.37 Å². The summed E-state index contributed by atoms with van der Waals surface area (Å²) in [6, 6.07) is 4.44. The zero-order valence-electron chi connectivity index (χ0n) is 12.7. The molecule has 2 N–H and O–H groups in total. The molecule has 5 nitrogen and oxygen atoms in total. The van der Waals surface area contributed by atoms with E-state index in [1.165, 1.54) is 12.1 Å². The van der Waals surface area contributed by atoms with Crippen molar-refractivity contribution < 1.29 is 9.18 Å². The van der Waals surface area contributed by atoms with E-state index in [1.807, 2.05) is 7.05 Å². The minimum atomic E-state index is -0.325. The molecule has 0 saturated carbocycles. The zero-order valence-corrected chi connectivity index (χ0v) is 12.7. The third-order valence-corrected chi connectivity index (χ3v) is 4.33. The average molecular weight is 304 g/mol. The fraction of sp³-hybridized carbons (Fsp3) is 0.500. The molecule has 22 heavy (non-hydrogen) atoms. The van der Waals surface area contributed by atoms with E-state index in [9.17, 15) is 9.18 Å². The number of carbonyl (C=O) groups excluding carboxylic acids is 1. The molecule has 1 aromatic heterocycles. The molecule has 0 unspecified atom stereocenters. The summed E-state index contributed by atoms with van der Waals surface area (Å²) in [5.74, 6) is 0.740. The minimum absolute atomic E-state index is 0.0302. The van der Waals surface area contributed by atoms with Gasteiger partial charge in [0.25, 0.3) is 0 Å². The van der Waals surface area contributed by atoms with Crippen LogP contribution in [0, 0.1) is 11.7 Å². The smallest absolute Gasteiger partial charge is 0.226 e. The van der Waals surface area contributed by atoms with E-state index in [-0.39, 0.29) is 11.7 Å². The maximum absolute atomic E-state index is 13.2. The van der Waals surface area contributed by atoms with Crippen LogP contribution in [0.15, 0.2) is 18.2 Å². The number of hydrogen-bond donors (Lipinski definition) is 2. The zero-order chi connectivity index (χ0) is 15.5. The van der Waals surface area contributed by atoms with Crippen LogP contribution in [0.2, 0.25) is 0 Å². The van der Waals surface area contributed by atoms with Crippen molar-refractivity contribution in [3.05, 3.63) is 24.0 Å². The molecule has 2 heterocycles. The van der Waals surface area contributed by atoms with Gasteiger partial charge in [-0.15, -0.1) is 0 Å². The van der Waals surface area contributed by atoms with Crippen LogP contribution < -0.4 is 10.6 Å². The lowest BCUT2D eigenvalue weighted by Crippen LogP contribution is -2.28. The highest BCUT2D eigenvalue weighted by molar-refractivity contribution is 5.91. The second-order valence-corrected chi connectivity index (χ2v) is 5.91. The highest BCUT2D eigenvalue weighted by atomic mass is 19.1. The van der Waals surface area contributed by atoms with Gasteiger partial charge >= 0.3 is 0 Å². The maximum atomic E-state index is 13.2. The van der Waals surface area contributed by atoms with E-state index in [4.69, 9.17) is 0 Å². The van der Waals surface area contributed by atoms with Crippen LogP contribution in [0.25, 0.3) is 11.0 Å². The number of piperidine rings is 1. The topological polar surface area (TPSA) is 59.0 Å². The van der Waals surface area contributed by atoms with E-state index >= 15 is 0 Å². The summed E-state index contributed by atoms with van der Waals surface area (Å²) in [6.45, 7) is 2.09. The number of halogens is 1. The fourth-order valence-corrected chi connectivity index (χ4v) is 2.98. The van der Waals surface area contributed by atoms with Crippen molar-refractivity contribution in [3.63, 3.8) is 0 Å². The van der Waals surface area contributed by atoms with Crippen LogP contribution in [0.3, 0.4) is 0 Å². The number of carbonyl (C=O) groups is 1. The van der Waals surface area contributed by atoms with E-state index in [2.05, 4.69) is 15.6 Å². The Morgan fingerprint density at radius 2 is 2.23 bits per heavy atom. The molecule has 2 aromatic rings. The van der Waals surface area contributed by atoms with Gasteiger partial charge in [0.05, 0.1) is 11.0 Å². The average Bonchev–Trinajstić information content (AvgIpc) is 2.82. The molecular weight excluding hydrogens is 283 g/mol. The first-order chi connectivity index (χ1) is 10.6. The molecule has 118 valence electrons. The molecule has 0 aliphatic carbocycles. The van der Waals surface area contributed by atoms with Crippen molar-refractivity contribution in [2.45, 2.75) is 25.7 Å². The van der Waals surface area contributed by atoms with Crippen molar-refractivity contribution in [2.75, 3.05) is 18.4 Å². The van der Waals surface area contributed by atoms with Crippen LogP contribution in [-0.4, -0.2) is 28.5 Å². The van der Waals surface area contributed by atoms with Gasteiger partial charge in [0.15, 0.2) is 0 Å². The summed E-state index contributed by atoms with van der Waals surface area (Å²) in [6.07, 6.45) is 3.69. The number of nitrogens with zero attached hydrogens (tertiary/aromatic N) is 2. The second-order valence-electron chi connectivity index (χ2n) is 5.91. The molecule has 6 heteroatoms. The van der Waals surface area contributed by atoms with Crippen LogP contribution in [0.1, 0.15) is 25.7 Å². The molecular formula is C16H21FN4O. The van der Waals surface area contributed by atoms with E-state index in [1.54, 1.807) is 10.6 Å². The van der Waals surface area contributed by atoms with Gasteiger partial charge in [-0.1, -0.05) is 0 Å². The van der Waals surface area contributed by atoms with Gasteiger partial charge < -0.3 is 9.88 Å². The molecule has 0 bridgehead atoms. The number of benzene rings is 1. The highest BCUT2D eigenvalue weighted by Crippen LogP contribution is 2.21. The Kier molecular flexibility index (Phi) is 4.38. The first-order valence-electron chi connectivity index (χ1n) is 7.76. The van der Waals surface area contributed by atoms with Gasteiger partial charge in [-0.2, -0.15) is 0 Å². The van der Waals surface area contributed by atoms with E-state index < -0.39 is 0 Å². The van der Waals surface area contributed by atoms with Gasteiger partial charge in [-0.05, 0) is 50.4 Å². The van der Waals surface area contributed by atoms with Crippen molar-refractivity contribution in [1.29, 1.82) is 0 Å². The van der Waals surface area contributed by atoms with E-state index in [0.29, 0.717) is 23.8 Å². The number of imidazole rings is 1. The summed E-state index contributed by atoms with van der Waals surface area (Å²) >= 11 is 0. The van der Waals surface area contributed by atoms with Crippen LogP contribution in [0.5, 0.6) is 0 Å². The first kappa shape index (κ1) is 15.0. The number of fused-ring (bicyclic) bond motifs is 1. The number of amides is 1. The molecule has 0 radical (unpaired) electrons. The van der Waals surface area contributed by atoms with Gasteiger partial charge in [-0.3, -0.25) is 10.1 Å². The standard InChI is InChI=1S/C16H21FN4O/c1-21-14-4-3-12(17)10-13(14)19-16(21)20-15(22)5-2-11-6-8-18-9-7-11/h3-4,10-11,18H,2,5-9H2,1H3,(H,19,20,22). The molecule has 1 aromatic carbocycles. The summed E-state index contributed by atoms with van der Waals surface area (Å²) in [7, 11) is 1.82. The van der Waals surface area contributed by atoms with Crippen molar-refractivity contribution in [2.24, 2.45) is 13.0 Å². The number of anilines is 1. The normalized spacial score (nSPS) is 16.1. The lowest BCUT2D eigenvalue weighted by atomic mass is 9.93. The monoisotopic (exact) mass is 304 g/mol. The molecule has 1 aliphatic heterocycles. The Morgan fingerprint density at radius 3 is 3.00 bits per heavy atom. The van der Waals surface area contributed by atoms with Crippen molar-refractivity contribution >= 4 is 22.9 Å². The van der Waals surface area contributed by atoms with Gasteiger partial charge in [0.2, 0.25) is 11.9 Å². The second kappa shape index (κ2) is 6.44. The Bertz CT molecular complexity index is 676. The lowest BCUT2D eigenvalue weighted by Gasteiger charge is -2.22. The SMILES string of the molecule is Cn1c(NC(=O)CCC2CCNCC2)nc2cc(F)ccc21. The molecule has 3 rings (SSSR count). The summed E-state index contributed by atoms with van der Waals surface area (Å²) < 4.78 is 15.0. The Hall–Kier alpha value is -1.95. The number of nitrogens with one attached hydrogen (secondary N) is 2. The summed E-state index contributed by atoms with van der Waals surface area (Å²) in [5.41, 5.74) is 1.35.